The molecule has 0 aliphatic rings. The highest BCUT2D eigenvalue weighted by molar-refractivity contribution is 7.94. The summed E-state index contributed by atoms with van der Waals surface area (Å²) in [5, 5.41) is 2.95. The van der Waals surface area contributed by atoms with Crippen LogP contribution in [-0.2, 0) is 4.18 Å². The van der Waals surface area contributed by atoms with Gasteiger partial charge in [-0.15, -0.1) is 0 Å². The molecule has 0 bridgehead atoms. The molecule has 0 aromatic heterocycles. The smallest absolute Gasteiger partial charge is 0.251 e. The molecule has 0 radical (unpaired) electrons. The number of carbonyl (C=O) groups excluding carboxylic acids is 1. The molecule has 1 aromatic carbocycles. The summed E-state index contributed by atoms with van der Waals surface area (Å²) in [6.45, 7) is 8.16. The van der Waals surface area contributed by atoms with Crippen LogP contribution in [0.25, 0.3) is 0 Å². The van der Waals surface area contributed by atoms with E-state index in [1.165, 1.54) is 12.0 Å². The van der Waals surface area contributed by atoms with Crippen molar-refractivity contribution in [2.45, 2.75) is 25.2 Å². The molecule has 0 atom stereocenters. The lowest BCUT2D eigenvalue weighted by atomic mass is 10.2. The maximum absolute atomic E-state index is 11.9. The minimum absolute atomic E-state index is 0.0153. The molecule has 5 heteroatoms. The van der Waals surface area contributed by atoms with E-state index in [-0.39, 0.29) is 5.91 Å². The van der Waals surface area contributed by atoms with Crippen molar-refractivity contribution >= 4 is 17.9 Å². The molecule has 112 valence electrons. The van der Waals surface area contributed by atoms with Crippen LogP contribution in [-0.4, -0.2) is 44.1 Å². The molecule has 0 heterocycles. The second-order valence-corrected chi connectivity index (χ2v) is 5.38. The predicted molar refractivity (Wildman–Crippen MR) is 84.0 cm³/mol. The Labute approximate surface area is 126 Å². The van der Waals surface area contributed by atoms with Crippen molar-refractivity contribution in [2.24, 2.45) is 0 Å². The number of nitrogens with one attached hydrogen (secondary N) is 1. The fourth-order valence-electron chi connectivity index (χ4n) is 1.90. The summed E-state index contributed by atoms with van der Waals surface area (Å²) >= 11 is 1.29. The van der Waals surface area contributed by atoms with Crippen molar-refractivity contribution in [3.63, 3.8) is 0 Å². The maximum atomic E-state index is 11.9. The third-order valence-corrected chi connectivity index (χ3v) is 3.76. The molecule has 20 heavy (non-hydrogen) atoms. The highest BCUT2D eigenvalue weighted by atomic mass is 32.2. The van der Waals surface area contributed by atoms with Gasteiger partial charge in [-0.25, -0.2) is 0 Å². The van der Waals surface area contributed by atoms with Crippen molar-refractivity contribution in [2.75, 3.05) is 33.3 Å². The van der Waals surface area contributed by atoms with E-state index in [4.69, 9.17) is 4.18 Å². The topological polar surface area (TPSA) is 41.6 Å². The first-order valence-electron chi connectivity index (χ1n) is 7.02. The lowest BCUT2D eigenvalue weighted by Crippen LogP contribution is -2.29. The Morgan fingerprint density at radius 2 is 1.90 bits per heavy atom. The van der Waals surface area contributed by atoms with Gasteiger partial charge in [-0.1, -0.05) is 13.8 Å². The van der Waals surface area contributed by atoms with Crippen molar-refractivity contribution in [3.8, 4) is 0 Å². The van der Waals surface area contributed by atoms with Gasteiger partial charge in [0.25, 0.3) is 5.91 Å². The van der Waals surface area contributed by atoms with E-state index in [2.05, 4.69) is 24.1 Å². The molecule has 0 aliphatic carbocycles. The molecule has 0 unspecified atom stereocenters. The van der Waals surface area contributed by atoms with Gasteiger partial charge < -0.3 is 14.4 Å². The Kier molecular flexibility index (Phi) is 8.34. The molecule has 0 fully saturated rings. The molecular formula is C15H24N2O2S. The number of hydrogen-bond donors (Lipinski definition) is 1. The number of carbonyl (C=O) groups is 1. The lowest BCUT2D eigenvalue weighted by Gasteiger charge is -2.17. The van der Waals surface area contributed by atoms with Crippen LogP contribution < -0.4 is 5.32 Å². The van der Waals surface area contributed by atoms with E-state index < -0.39 is 0 Å². The molecule has 0 saturated carbocycles. The van der Waals surface area contributed by atoms with Gasteiger partial charge in [0.15, 0.2) is 0 Å². The fourth-order valence-corrected chi connectivity index (χ4v) is 2.34. The highest BCUT2D eigenvalue weighted by Gasteiger charge is 2.05. The Morgan fingerprint density at radius 1 is 1.25 bits per heavy atom. The zero-order chi connectivity index (χ0) is 14.8. The predicted octanol–water partition coefficient (Wildman–Crippen LogP) is 2.80. The average molecular weight is 296 g/mol. The minimum atomic E-state index is -0.0153. The number of hydrogen-bond acceptors (Lipinski definition) is 4. The number of rotatable bonds is 9. The van der Waals surface area contributed by atoms with E-state index in [9.17, 15) is 4.79 Å². The van der Waals surface area contributed by atoms with Gasteiger partial charge in [-0.2, -0.15) is 0 Å². The Balaban J connectivity index is 2.32. The second kappa shape index (κ2) is 9.80. The molecule has 4 nitrogen and oxygen atoms in total. The third kappa shape index (κ3) is 5.94. The van der Waals surface area contributed by atoms with Gasteiger partial charge >= 0.3 is 0 Å². The summed E-state index contributed by atoms with van der Waals surface area (Å²) in [5.41, 5.74) is 0.688. The molecule has 1 amide bonds. The molecule has 1 N–H and O–H groups in total. The fraction of sp³-hybridized carbons (Fsp3) is 0.533. The monoisotopic (exact) mass is 296 g/mol. The van der Waals surface area contributed by atoms with Crippen LogP contribution in [0.5, 0.6) is 0 Å². The quantitative estimate of drug-likeness (QED) is 0.562. The first kappa shape index (κ1) is 17.0. The van der Waals surface area contributed by atoms with Gasteiger partial charge in [-0.05, 0) is 50.3 Å². The summed E-state index contributed by atoms with van der Waals surface area (Å²) in [6, 6.07) is 7.42. The van der Waals surface area contributed by atoms with E-state index in [0.717, 1.165) is 31.0 Å². The molecule has 0 saturated heterocycles. The molecule has 1 aromatic rings. The summed E-state index contributed by atoms with van der Waals surface area (Å²) in [6.07, 6.45) is 0.977. The molecular weight excluding hydrogens is 272 g/mol. The Bertz CT molecular complexity index is 391. The van der Waals surface area contributed by atoms with E-state index >= 15 is 0 Å². The zero-order valence-electron chi connectivity index (χ0n) is 12.5. The minimum Gasteiger partial charge on any atom is -0.352 e. The van der Waals surface area contributed by atoms with Gasteiger partial charge in [0.1, 0.15) is 0 Å². The van der Waals surface area contributed by atoms with Crippen molar-refractivity contribution < 1.29 is 8.98 Å². The summed E-state index contributed by atoms with van der Waals surface area (Å²) in [7, 11) is 1.63. The van der Waals surface area contributed by atoms with Crippen LogP contribution >= 0.6 is 12.0 Å². The SMILES string of the molecule is CCN(CC)CCCNC(=O)c1ccc(SOC)cc1. The highest BCUT2D eigenvalue weighted by Crippen LogP contribution is 2.18. The van der Waals surface area contributed by atoms with Crippen LogP contribution in [0, 0.1) is 0 Å². The van der Waals surface area contributed by atoms with E-state index in [1.807, 2.05) is 24.3 Å². The van der Waals surface area contributed by atoms with Crippen LogP contribution in [0.15, 0.2) is 29.2 Å². The Hall–Kier alpha value is -1.04. The third-order valence-electron chi connectivity index (χ3n) is 3.13. The summed E-state index contributed by atoms with van der Waals surface area (Å²) in [5.74, 6) is -0.0153. The average Bonchev–Trinajstić information content (AvgIpc) is 2.48. The molecule has 1 rings (SSSR count). The number of benzene rings is 1. The largest absolute Gasteiger partial charge is 0.352 e. The van der Waals surface area contributed by atoms with E-state index in [0.29, 0.717) is 12.1 Å². The van der Waals surface area contributed by atoms with Crippen LogP contribution in [0.1, 0.15) is 30.6 Å². The van der Waals surface area contributed by atoms with Gasteiger partial charge in [0, 0.05) is 29.0 Å². The molecule has 0 spiro atoms. The second-order valence-electron chi connectivity index (χ2n) is 4.41. The number of amides is 1. The van der Waals surface area contributed by atoms with Gasteiger partial charge in [0.2, 0.25) is 0 Å². The normalized spacial score (nSPS) is 10.8. The number of nitrogens with zero attached hydrogens (tertiary/aromatic N) is 1. The van der Waals surface area contributed by atoms with Crippen LogP contribution in [0.2, 0.25) is 0 Å². The van der Waals surface area contributed by atoms with Gasteiger partial charge in [-0.3, -0.25) is 4.79 Å². The summed E-state index contributed by atoms with van der Waals surface area (Å²) < 4.78 is 4.96. The zero-order valence-corrected chi connectivity index (χ0v) is 13.3. The first-order valence-corrected chi connectivity index (χ1v) is 7.76. The van der Waals surface area contributed by atoms with Crippen LogP contribution in [0.3, 0.4) is 0 Å². The van der Waals surface area contributed by atoms with Crippen LogP contribution in [0.4, 0.5) is 0 Å². The van der Waals surface area contributed by atoms with Crippen molar-refractivity contribution in [1.82, 2.24) is 10.2 Å². The molecule has 0 aliphatic heterocycles. The maximum Gasteiger partial charge on any atom is 0.251 e. The standard InChI is InChI=1S/C15H24N2O2S/c1-4-17(5-2)12-6-11-16-15(18)13-7-9-14(10-8-13)20-19-3/h7-10H,4-6,11-12H2,1-3H3,(H,16,18). The Morgan fingerprint density at radius 3 is 2.45 bits per heavy atom. The lowest BCUT2D eigenvalue weighted by molar-refractivity contribution is 0.0952. The van der Waals surface area contributed by atoms with E-state index in [1.54, 1.807) is 7.11 Å². The summed E-state index contributed by atoms with van der Waals surface area (Å²) in [4.78, 5) is 15.3. The van der Waals surface area contributed by atoms with Crippen molar-refractivity contribution in [1.29, 1.82) is 0 Å². The van der Waals surface area contributed by atoms with Gasteiger partial charge in [0.05, 0.1) is 7.11 Å². The first-order chi connectivity index (χ1) is 9.71. The van der Waals surface area contributed by atoms with Crippen molar-refractivity contribution in [3.05, 3.63) is 29.8 Å².